The molecule has 0 saturated heterocycles. The van der Waals surface area contributed by atoms with Gasteiger partial charge in [-0.1, -0.05) is 31.2 Å². The van der Waals surface area contributed by atoms with Crippen LogP contribution in [-0.2, 0) is 13.5 Å². The SMILES string of the molecule is CCc1cc2cccc(-c3cnn(C)c3)c2c(=O)n1-c1cccc(F)c1.Nc1ncnc2nc[nH]c12. The van der Waals surface area contributed by atoms with E-state index in [1.165, 1.54) is 24.8 Å². The largest absolute Gasteiger partial charge is 0.382 e. The van der Waals surface area contributed by atoms with Crippen LogP contribution < -0.4 is 11.3 Å². The molecule has 10 heteroatoms. The number of aryl methyl sites for hydroxylation is 2. The van der Waals surface area contributed by atoms with Gasteiger partial charge in [0.2, 0.25) is 0 Å². The van der Waals surface area contributed by atoms with Gasteiger partial charge in [-0.25, -0.2) is 19.3 Å². The van der Waals surface area contributed by atoms with Crippen molar-refractivity contribution in [2.75, 3.05) is 5.73 Å². The topological polar surface area (TPSA) is 120 Å². The first-order valence-corrected chi connectivity index (χ1v) is 11.3. The summed E-state index contributed by atoms with van der Waals surface area (Å²) in [4.78, 5) is 27.8. The highest BCUT2D eigenvalue weighted by Gasteiger charge is 2.15. The molecule has 6 rings (SSSR count). The molecule has 0 amide bonds. The number of nitrogens with two attached hydrogens (primary N) is 1. The van der Waals surface area contributed by atoms with Gasteiger partial charge in [0, 0.05) is 24.5 Å². The van der Waals surface area contributed by atoms with Crippen molar-refractivity contribution in [3.8, 4) is 16.8 Å². The molecule has 0 aliphatic rings. The van der Waals surface area contributed by atoms with Crippen molar-refractivity contribution < 1.29 is 4.39 Å². The second-order valence-electron chi connectivity index (χ2n) is 8.14. The van der Waals surface area contributed by atoms with Crippen LogP contribution in [0.5, 0.6) is 0 Å². The standard InChI is InChI=1S/C21H18FN3O.C5H5N5/c1-3-17-10-14-6-4-9-19(15-12-23-24(2)13-15)20(14)21(26)25(17)18-8-5-7-16(22)11-18;6-4-3-5(9-1-7-3)10-2-8-4/h4-13H,3H2,1-2H3;1-2H,(H3,6,7,8,9,10). The van der Waals surface area contributed by atoms with E-state index in [4.69, 9.17) is 5.73 Å². The molecule has 2 aromatic carbocycles. The van der Waals surface area contributed by atoms with Crippen molar-refractivity contribution in [2.45, 2.75) is 13.3 Å². The minimum absolute atomic E-state index is 0.149. The molecule has 0 bridgehead atoms. The summed E-state index contributed by atoms with van der Waals surface area (Å²) in [7, 11) is 1.84. The maximum atomic E-state index is 13.8. The van der Waals surface area contributed by atoms with Crippen molar-refractivity contribution in [1.82, 2.24) is 34.3 Å². The smallest absolute Gasteiger partial charge is 0.263 e. The lowest BCUT2D eigenvalue weighted by Crippen LogP contribution is -2.22. The summed E-state index contributed by atoms with van der Waals surface area (Å²) in [5, 5.41) is 5.70. The van der Waals surface area contributed by atoms with Gasteiger partial charge >= 0.3 is 0 Å². The van der Waals surface area contributed by atoms with Crippen LogP contribution in [0.1, 0.15) is 12.6 Å². The monoisotopic (exact) mass is 482 g/mol. The van der Waals surface area contributed by atoms with E-state index in [9.17, 15) is 9.18 Å². The van der Waals surface area contributed by atoms with E-state index in [1.54, 1.807) is 27.6 Å². The van der Waals surface area contributed by atoms with E-state index in [1.807, 2.05) is 44.4 Å². The van der Waals surface area contributed by atoms with Crippen LogP contribution in [0.2, 0.25) is 0 Å². The number of rotatable bonds is 3. The average Bonchev–Trinajstić information content (AvgIpc) is 3.54. The lowest BCUT2D eigenvalue weighted by molar-refractivity contribution is 0.626. The molecule has 6 aromatic rings. The summed E-state index contributed by atoms with van der Waals surface area (Å²) in [6, 6.07) is 13.9. The number of halogens is 1. The molecule has 0 aliphatic carbocycles. The minimum Gasteiger partial charge on any atom is -0.382 e. The number of nitrogen functional groups attached to an aromatic ring is 1. The number of fused-ring (bicyclic) bond motifs is 2. The molecule has 0 unspecified atom stereocenters. The van der Waals surface area contributed by atoms with Crippen LogP contribution in [0.15, 0.2) is 78.4 Å². The number of hydrogen-bond donors (Lipinski definition) is 2. The Balaban J connectivity index is 0.000000222. The number of H-pyrrole nitrogens is 1. The van der Waals surface area contributed by atoms with Crippen LogP contribution >= 0.6 is 0 Å². The number of nitrogens with one attached hydrogen (secondary N) is 1. The maximum Gasteiger partial charge on any atom is 0.263 e. The van der Waals surface area contributed by atoms with E-state index in [-0.39, 0.29) is 11.4 Å². The van der Waals surface area contributed by atoms with Gasteiger partial charge in [0.25, 0.3) is 5.56 Å². The first-order chi connectivity index (χ1) is 17.5. The van der Waals surface area contributed by atoms with Gasteiger partial charge in [-0.3, -0.25) is 14.0 Å². The molecule has 180 valence electrons. The Hall–Kier alpha value is -4.86. The zero-order chi connectivity index (χ0) is 25.2. The van der Waals surface area contributed by atoms with Crippen molar-refractivity contribution in [3.05, 3.63) is 95.4 Å². The Bertz CT molecular complexity index is 1750. The van der Waals surface area contributed by atoms with Crippen LogP contribution in [-0.4, -0.2) is 34.3 Å². The lowest BCUT2D eigenvalue weighted by Gasteiger charge is -2.15. The summed E-state index contributed by atoms with van der Waals surface area (Å²) in [6.07, 6.45) is 7.22. The zero-order valence-corrected chi connectivity index (χ0v) is 19.7. The molecule has 9 nitrogen and oxygen atoms in total. The van der Waals surface area contributed by atoms with Crippen LogP contribution in [0.4, 0.5) is 10.2 Å². The number of nitrogens with zero attached hydrogens (tertiary/aromatic N) is 6. The molecule has 0 fully saturated rings. The van der Waals surface area contributed by atoms with Crippen molar-refractivity contribution >= 4 is 27.8 Å². The number of imidazole rings is 1. The number of hydrogen-bond acceptors (Lipinski definition) is 6. The summed E-state index contributed by atoms with van der Waals surface area (Å²) in [5.74, 6) is 0.0691. The zero-order valence-electron chi connectivity index (χ0n) is 19.7. The quantitative estimate of drug-likeness (QED) is 0.393. The fourth-order valence-corrected chi connectivity index (χ4v) is 4.16. The second kappa shape index (κ2) is 9.41. The Morgan fingerprint density at radius 1 is 1.08 bits per heavy atom. The first kappa shape index (κ1) is 22.9. The number of anilines is 1. The third-order valence-electron chi connectivity index (χ3n) is 5.82. The van der Waals surface area contributed by atoms with Crippen LogP contribution in [0, 0.1) is 5.82 Å². The number of pyridine rings is 1. The van der Waals surface area contributed by atoms with Gasteiger partial charge in [-0.05, 0) is 41.6 Å². The van der Waals surface area contributed by atoms with Crippen LogP contribution in [0.25, 0.3) is 38.8 Å². The highest BCUT2D eigenvalue weighted by atomic mass is 19.1. The fourth-order valence-electron chi connectivity index (χ4n) is 4.16. The molecule has 4 heterocycles. The van der Waals surface area contributed by atoms with E-state index in [0.717, 1.165) is 22.2 Å². The summed E-state index contributed by atoms with van der Waals surface area (Å²) >= 11 is 0. The van der Waals surface area contributed by atoms with E-state index < -0.39 is 0 Å². The molecule has 0 atom stereocenters. The van der Waals surface area contributed by atoms with E-state index >= 15 is 0 Å². The normalized spacial score (nSPS) is 11.0. The van der Waals surface area contributed by atoms with Gasteiger partial charge in [0.1, 0.15) is 17.7 Å². The van der Waals surface area contributed by atoms with Gasteiger partial charge in [-0.2, -0.15) is 5.10 Å². The third-order valence-corrected chi connectivity index (χ3v) is 5.82. The summed E-state index contributed by atoms with van der Waals surface area (Å²) in [6.45, 7) is 1.99. The predicted octanol–water partition coefficient (Wildman–Crippen LogP) is 4.03. The number of aromatic nitrogens is 7. The van der Waals surface area contributed by atoms with E-state index in [2.05, 4.69) is 25.0 Å². The maximum absolute atomic E-state index is 13.8. The van der Waals surface area contributed by atoms with Gasteiger partial charge in [0.05, 0.1) is 23.6 Å². The predicted molar refractivity (Wildman–Crippen MR) is 137 cm³/mol. The Labute approximate surface area is 205 Å². The first-order valence-electron chi connectivity index (χ1n) is 11.3. The molecule has 0 radical (unpaired) electrons. The minimum atomic E-state index is -0.364. The highest BCUT2D eigenvalue weighted by Crippen LogP contribution is 2.27. The second-order valence-corrected chi connectivity index (χ2v) is 8.14. The molecule has 4 aromatic heterocycles. The van der Waals surface area contributed by atoms with E-state index in [0.29, 0.717) is 34.5 Å². The average molecular weight is 483 g/mol. The van der Waals surface area contributed by atoms with Gasteiger partial charge in [0.15, 0.2) is 11.5 Å². The van der Waals surface area contributed by atoms with Gasteiger partial charge < -0.3 is 10.7 Å². The van der Waals surface area contributed by atoms with Crippen molar-refractivity contribution in [2.24, 2.45) is 7.05 Å². The third kappa shape index (κ3) is 4.20. The molecule has 0 saturated carbocycles. The van der Waals surface area contributed by atoms with Gasteiger partial charge in [-0.15, -0.1) is 0 Å². The molecule has 3 N–H and O–H groups in total. The van der Waals surface area contributed by atoms with Crippen molar-refractivity contribution in [1.29, 1.82) is 0 Å². The fraction of sp³-hybridized carbons (Fsp3) is 0.115. The number of benzene rings is 2. The molecule has 0 spiro atoms. The number of aromatic amines is 1. The molecular formula is C26H23FN8O. The Morgan fingerprint density at radius 2 is 1.92 bits per heavy atom. The summed E-state index contributed by atoms with van der Waals surface area (Å²) in [5.41, 5.74) is 9.72. The highest BCUT2D eigenvalue weighted by molar-refractivity contribution is 5.96. The molecule has 0 aliphatic heterocycles. The summed E-state index contributed by atoms with van der Waals surface area (Å²) < 4.78 is 17.1. The molecular weight excluding hydrogens is 459 g/mol. The molecule has 36 heavy (non-hydrogen) atoms. The Morgan fingerprint density at radius 3 is 2.64 bits per heavy atom. The van der Waals surface area contributed by atoms with Crippen molar-refractivity contribution in [3.63, 3.8) is 0 Å². The van der Waals surface area contributed by atoms with Crippen LogP contribution in [0.3, 0.4) is 0 Å². The Kier molecular flexibility index (Phi) is 5.99. The lowest BCUT2D eigenvalue weighted by atomic mass is 10.0.